The van der Waals surface area contributed by atoms with Crippen LogP contribution in [0, 0.1) is 5.82 Å². The molecule has 0 saturated carbocycles. The van der Waals surface area contributed by atoms with Crippen LogP contribution in [-0.4, -0.2) is 36.6 Å². The fourth-order valence-corrected chi connectivity index (χ4v) is 2.37. The maximum absolute atomic E-state index is 13.0. The normalized spacial score (nSPS) is 20.4. The summed E-state index contributed by atoms with van der Waals surface area (Å²) in [6, 6.07) is 4.15. The van der Waals surface area contributed by atoms with E-state index in [2.05, 4.69) is 15.9 Å². The Labute approximate surface area is 108 Å². The number of nitrogens with zero attached hydrogens (tertiary/aromatic N) is 1. The minimum Gasteiger partial charge on any atom is -0.377 e. The molecule has 1 aliphatic heterocycles. The Morgan fingerprint density at radius 3 is 3.00 bits per heavy atom. The van der Waals surface area contributed by atoms with Gasteiger partial charge < -0.3 is 9.64 Å². The largest absolute Gasteiger partial charge is 0.377 e. The molecule has 1 amide bonds. The van der Waals surface area contributed by atoms with Gasteiger partial charge in [0.2, 0.25) is 0 Å². The zero-order chi connectivity index (χ0) is 12.4. The fourth-order valence-electron chi connectivity index (χ4n) is 1.85. The lowest BCUT2D eigenvalue weighted by Gasteiger charge is -2.33. The van der Waals surface area contributed by atoms with Gasteiger partial charge in [0.1, 0.15) is 5.82 Å². The van der Waals surface area contributed by atoms with E-state index in [0.29, 0.717) is 29.8 Å². The van der Waals surface area contributed by atoms with E-state index in [1.54, 1.807) is 4.90 Å². The highest BCUT2D eigenvalue weighted by Crippen LogP contribution is 2.21. The van der Waals surface area contributed by atoms with Crippen LogP contribution in [0.3, 0.4) is 0 Å². The van der Waals surface area contributed by atoms with Gasteiger partial charge >= 0.3 is 0 Å². The molecule has 0 bridgehead atoms. The van der Waals surface area contributed by atoms with Gasteiger partial charge in [-0.15, -0.1) is 0 Å². The van der Waals surface area contributed by atoms with E-state index in [1.807, 2.05) is 6.92 Å². The second-order valence-corrected chi connectivity index (χ2v) is 4.90. The summed E-state index contributed by atoms with van der Waals surface area (Å²) in [6.07, 6.45) is 0. The van der Waals surface area contributed by atoms with Gasteiger partial charge in [-0.25, -0.2) is 4.39 Å². The van der Waals surface area contributed by atoms with Crippen LogP contribution >= 0.6 is 15.9 Å². The summed E-state index contributed by atoms with van der Waals surface area (Å²) in [5.74, 6) is -0.448. The number of ether oxygens (including phenoxy) is 1. The van der Waals surface area contributed by atoms with Crippen LogP contribution in [0.4, 0.5) is 4.39 Å². The first kappa shape index (κ1) is 12.5. The zero-order valence-corrected chi connectivity index (χ0v) is 11.0. The van der Waals surface area contributed by atoms with E-state index in [4.69, 9.17) is 4.74 Å². The van der Waals surface area contributed by atoms with Crippen LogP contribution in [0.5, 0.6) is 0 Å². The molecule has 0 radical (unpaired) electrons. The van der Waals surface area contributed by atoms with Crippen molar-refractivity contribution in [3.63, 3.8) is 0 Å². The highest BCUT2D eigenvalue weighted by atomic mass is 79.9. The molecule has 1 aromatic carbocycles. The van der Waals surface area contributed by atoms with Crippen molar-refractivity contribution in [1.82, 2.24) is 4.90 Å². The number of hydrogen-bond donors (Lipinski definition) is 0. The topological polar surface area (TPSA) is 29.5 Å². The number of morpholine rings is 1. The van der Waals surface area contributed by atoms with E-state index in [-0.39, 0.29) is 17.8 Å². The van der Waals surface area contributed by atoms with Gasteiger partial charge in [0.25, 0.3) is 5.91 Å². The fraction of sp³-hybridized carbons (Fsp3) is 0.417. The van der Waals surface area contributed by atoms with E-state index < -0.39 is 0 Å². The molecule has 1 atom stereocenters. The second-order valence-electron chi connectivity index (χ2n) is 4.05. The molecule has 17 heavy (non-hydrogen) atoms. The Kier molecular flexibility index (Phi) is 3.79. The van der Waals surface area contributed by atoms with Gasteiger partial charge in [0, 0.05) is 11.0 Å². The van der Waals surface area contributed by atoms with Crippen LogP contribution in [-0.2, 0) is 4.74 Å². The number of amides is 1. The van der Waals surface area contributed by atoms with Crippen molar-refractivity contribution in [2.24, 2.45) is 0 Å². The molecule has 2 rings (SSSR count). The summed E-state index contributed by atoms with van der Waals surface area (Å²) in [5.41, 5.74) is 0.486. The third kappa shape index (κ3) is 2.66. The highest BCUT2D eigenvalue weighted by molar-refractivity contribution is 9.10. The molecule has 0 N–H and O–H groups in total. The molecular formula is C12H13BrFNO2. The molecule has 5 heteroatoms. The molecule has 1 heterocycles. The van der Waals surface area contributed by atoms with Crippen LogP contribution in [0.15, 0.2) is 22.7 Å². The maximum atomic E-state index is 13.0. The summed E-state index contributed by atoms with van der Waals surface area (Å²) in [4.78, 5) is 14.0. The average molecular weight is 302 g/mol. The Morgan fingerprint density at radius 1 is 1.59 bits per heavy atom. The smallest absolute Gasteiger partial charge is 0.255 e. The summed E-state index contributed by atoms with van der Waals surface area (Å²) >= 11 is 3.22. The lowest BCUT2D eigenvalue weighted by atomic mass is 10.1. The Balaban J connectivity index is 2.24. The van der Waals surface area contributed by atoms with E-state index >= 15 is 0 Å². The van der Waals surface area contributed by atoms with Gasteiger partial charge in [-0.3, -0.25) is 4.79 Å². The summed E-state index contributed by atoms with van der Waals surface area (Å²) < 4.78 is 18.7. The lowest BCUT2D eigenvalue weighted by Crippen LogP contribution is -2.47. The van der Waals surface area contributed by atoms with Crippen LogP contribution in [0.1, 0.15) is 17.3 Å². The summed E-state index contributed by atoms with van der Waals surface area (Å²) in [6.45, 7) is 3.61. The van der Waals surface area contributed by atoms with Crippen molar-refractivity contribution in [3.05, 3.63) is 34.1 Å². The third-order valence-corrected chi connectivity index (χ3v) is 3.45. The predicted octanol–water partition coefficient (Wildman–Crippen LogP) is 2.45. The first-order valence-electron chi connectivity index (χ1n) is 5.43. The van der Waals surface area contributed by atoms with E-state index in [1.165, 1.54) is 18.2 Å². The zero-order valence-electron chi connectivity index (χ0n) is 9.45. The molecule has 1 aliphatic rings. The number of rotatable bonds is 1. The van der Waals surface area contributed by atoms with Crippen LogP contribution in [0.25, 0.3) is 0 Å². The number of carbonyl (C=O) groups is 1. The van der Waals surface area contributed by atoms with Gasteiger partial charge in [0.15, 0.2) is 0 Å². The molecule has 92 valence electrons. The molecule has 3 nitrogen and oxygen atoms in total. The first-order valence-corrected chi connectivity index (χ1v) is 6.22. The van der Waals surface area contributed by atoms with Gasteiger partial charge in [-0.1, -0.05) is 0 Å². The number of benzene rings is 1. The lowest BCUT2D eigenvalue weighted by molar-refractivity contribution is 0.00354. The predicted molar refractivity (Wildman–Crippen MR) is 65.4 cm³/mol. The minimum atomic E-state index is -0.358. The van der Waals surface area contributed by atoms with Gasteiger partial charge in [-0.2, -0.15) is 0 Å². The van der Waals surface area contributed by atoms with Crippen molar-refractivity contribution in [2.45, 2.75) is 13.0 Å². The Bertz CT molecular complexity index is 439. The van der Waals surface area contributed by atoms with Crippen molar-refractivity contribution in [2.75, 3.05) is 19.8 Å². The first-order chi connectivity index (χ1) is 8.09. The van der Waals surface area contributed by atoms with Crippen molar-refractivity contribution in [3.8, 4) is 0 Å². The molecule has 0 spiro atoms. The third-order valence-electron chi connectivity index (χ3n) is 2.79. The molecule has 0 aliphatic carbocycles. The van der Waals surface area contributed by atoms with Crippen molar-refractivity contribution < 1.29 is 13.9 Å². The standard InChI is InChI=1S/C12H13BrFNO2/c1-8-7-17-5-4-15(8)12(16)10-3-2-9(14)6-11(10)13/h2-3,6,8H,4-5,7H2,1H3/t8-/m1/s1. The molecule has 1 aromatic rings. The quantitative estimate of drug-likeness (QED) is 0.797. The van der Waals surface area contributed by atoms with E-state index in [9.17, 15) is 9.18 Å². The molecule has 0 unspecified atom stereocenters. The number of halogens is 2. The molecule has 0 aromatic heterocycles. The molecular weight excluding hydrogens is 289 g/mol. The van der Waals surface area contributed by atoms with Gasteiger partial charge in [-0.05, 0) is 41.1 Å². The second kappa shape index (κ2) is 5.14. The monoisotopic (exact) mass is 301 g/mol. The molecule has 1 fully saturated rings. The summed E-state index contributed by atoms with van der Waals surface area (Å²) in [5, 5.41) is 0. The van der Waals surface area contributed by atoms with Gasteiger partial charge in [0.05, 0.1) is 24.8 Å². The summed E-state index contributed by atoms with van der Waals surface area (Å²) in [7, 11) is 0. The number of carbonyl (C=O) groups excluding carboxylic acids is 1. The highest BCUT2D eigenvalue weighted by Gasteiger charge is 2.25. The Hall–Kier alpha value is -0.940. The molecule has 1 saturated heterocycles. The minimum absolute atomic E-state index is 0.0493. The average Bonchev–Trinajstić information content (AvgIpc) is 2.29. The Morgan fingerprint density at radius 2 is 2.35 bits per heavy atom. The van der Waals surface area contributed by atoms with Crippen molar-refractivity contribution >= 4 is 21.8 Å². The number of hydrogen-bond acceptors (Lipinski definition) is 2. The van der Waals surface area contributed by atoms with Crippen LogP contribution in [0.2, 0.25) is 0 Å². The van der Waals surface area contributed by atoms with Crippen molar-refractivity contribution in [1.29, 1.82) is 0 Å². The van der Waals surface area contributed by atoms with E-state index in [0.717, 1.165) is 0 Å². The SMILES string of the molecule is C[C@@H]1COCCN1C(=O)c1ccc(F)cc1Br. The van der Waals surface area contributed by atoms with Crippen LogP contribution < -0.4 is 0 Å². The maximum Gasteiger partial charge on any atom is 0.255 e.